The number of allylic oxidation sites excluding steroid dienone is 1. The highest BCUT2D eigenvalue weighted by Crippen LogP contribution is 2.33. The molecule has 0 saturated carbocycles. The van der Waals surface area contributed by atoms with Crippen LogP contribution in [0.25, 0.3) is 0 Å². The topological polar surface area (TPSA) is 131 Å². The van der Waals surface area contributed by atoms with Crippen molar-refractivity contribution in [3.05, 3.63) is 64.9 Å². The molecule has 35 heavy (non-hydrogen) atoms. The molecular formula is C24H26N4O6S. The van der Waals surface area contributed by atoms with Crippen molar-refractivity contribution in [3.63, 3.8) is 0 Å². The van der Waals surface area contributed by atoms with Gasteiger partial charge in [-0.2, -0.15) is 5.10 Å². The average Bonchev–Trinajstić information content (AvgIpc) is 2.83. The number of carbonyl (C=O) groups excluding carboxylic acids is 2. The van der Waals surface area contributed by atoms with Gasteiger partial charge in [-0.1, -0.05) is 24.3 Å². The van der Waals surface area contributed by atoms with E-state index >= 15 is 0 Å². The summed E-state index contributed by atoms with van der Waals surface area (Å²) >= 11 is 5.27. The number of hydrogen-bond acceptors (Lipinski definition) is 8. The Morgan fingerprint density at radius 3 is 2.69 bits per heavy atom. The predicted octanol–water partition coefficient (Wildman–Crippen LogP) is 2.29. The summed E-state index contributed by atoms with van der Waals surface area (Å²) in [6.45, 7) is 3.34. The van der Waals surface area contributed by atoms with Gasteiger partial charge in [-0.05, 0) is 44.3 Å². The highest BCUT2D eigenvalue weighted by molar-refractivity contribution is 7.80. The fourth-order valence-corrected chi connectivity index (χ4v) is 3.69. The summed E-state index contributed by atoms with van der Waals surface area (Å²) in [5.74, 6) is -0.428. The molecule has 1 aliphatic heterocycles. The maximum atomic E-state index is 12.6. The summed E-state index contributed by atoms with van der Waals surface area (Å²) in [6, 6.07) is 11.3. The largest absolute Gasteiger partial charge is 0.504 e. The Labute approximate surface area is 208 Å². The second-order valence-corrected chi connectivity index (χ2v) is 7.72. The fraction of sp³-hybridized carbons (Fsp3) is 0.250. The van der Waals surface area contributed by atoms with E-state index in [9.17, 15) is 14.7 Å². The molecule has 1 atom stereocenters. The van der Waals surface area contributed by atoms with Crippen LogP contribution < -0.4 is 25.5 Å². The molecule has 0 fully saturated rings. The highest BCUT2D eigenvalue weighted by atomic mass is 32.1. The molecule has 2 aromatic rings. The van der Waals surface area contributed by atoms with E-state index in [1.165, 1.54) is 13.3 Å². The number of para-hydroxylation sites is 2. The van der Waals surface area contributed by atoms with Crippen molar-refractivity contribution in [1.29, 1.82) is 0 Å². The number of phenolic OH excluding ortho intramolecular Hbond substituents is 1. The van der Waals surface area contributed by atoms with Crippen LogP contribution in [-0.2, 0) is 14.3 Å². The number of nitrogens with zero attached hydrogens (tertiary/aromatic N) is 1. The highest BCUT2D eigenvalue weighted by Gasteiger charge is 2.32. The van der Waals surface area contributed by atoms with E-state index < -0.39 is 17.9 Å². The Bertz CT molecular complexity index is 1180. The Balaban J connectivity index is 1.72. The number of hydrogen-bond donors (Lipinski definition) is 4. The number of benzene rings is 2. The number of methoxy groups -OCH3 is 1. The molecule has 1 amide bonds. The van der Waals surface area contributed by atoms with E-state index in [1.807, 2.05) is 0 Å². The molecule has 0 radical (unpaired) electrons. The van der Waals surface area contributed by atoms with E-state index in [4.69, 9.17) is 26.4 Å². The lowest BCUT2D eigenvalue weighted by Gasteiger charge is -2.30. The molecule has 0 bridgehead atoms. The summed E-state index contributed by atoms with van der Waals surface area (Å²) in [6.07, 6.45) is 1.29. The van der Waals surface area contributed by atoms with Gasteiger partial charge in [-0.15, -0.1) is 0 Å². The second-order valence-electron chi connectivity index (χ2n) is 7.31. The molecule has 0 aliphatic carbocycles. The molecule has 3 rings (SSSR count). The first-order valence-electron chi connectivity index (χ1n) is 10.7. The van der Waals surface area contributed by atoms with Crippen molar-refractivity contribution >= 4 is 35.4 Å². The Kier molecular flexibility index (Phi) is 8.63. The van der Waals surface area contributed by atoms with Crippen LogP contribution in [0.4, 0.5) is 0 Å². The van der Waals surface area contributed by atoms with Gasteiger partial charge < -0.3 is 30.0 Å². The third kappa shape index (κ3) is 6.27. The minimum atomic E-state index is -0.629. The van der Waals surface area contributed by atoms with Gasteiger partial charge in [0.1, 0.15) is 5.75 Å². The zero-order chi connectivity index (χ0) is 25.4. The molecule has 1 heterocycles. The van der Waals surface area contributed by atoms with Crippen LogP contribution in [0.2, 0.25) is 0 Å². The molecule has 184 valence electrons. The summed E-state index contributed by atoms with van der Waals surface area (Å²) < 4.78 is 16.0. The summed E-state index contributed by atoms with van der Waals surface area (Å²) in [4.78, 5) is 24.9. The van der Waals surface area contributed by atoms with Gasteiger partial charge in [0.15, 0.2) is 23.2 Å². The molecule has 0 saturated heterocycles. The minimum absolute atomic E-state index is 0.0914. The number of carbonyl (C=O) groups is 2. The van der Waals surface area contributed by atoms with Crippen LogP contribution in [0.1, 0.15) is 31.0 Å². The predicted molar refractivity (Wildman–Crippen MR) is 133 cm³/mol. The van der Waals surface area contributed by atoms with Crippen LogP contribution >= 0.6 is 12.2 Å². The van der Waals surface area contributed by atoms with Crippen molar-refractivity contribution in [2.24, 2.45) is 5.10 Å². The van der Waals surface area contributed by atoms with Crippen LogP contribution in [0.3, 0.4) is 0 Å². The molecular weight excluding hydrogens is 472 g/mol. The average molecular weight is 499 g/mol. The lowest BCUT2D eigenvalue weighted by molar-refractivity contribution is -0.139. The van der Waals surface area contributed by atoms with E-state index in [1.54, 1.807) is 56.3 Å². The Morgan fingerprint density at radius 2 is 1.94 bits per heavy atom. The van der Waals surface area contributed by atoms with Crippen molar-refractivity contribution < 1.29 is 28.9 Å². The quantitative estimate of drug-likeness (QED) is 0.178. The zero-order valence-corrected chi connectivity index (χ0v) is 20.3. The molecule has 2 aromatic carbocycles. The number of rotatable bonds is 9. The third-order valence-corrected chi connectivity index (χ3v) is 5.22. The number of hydrazone groups is 1. The number of nitrogens with one attached hydrogen (secondary N) is 3. The summed E-state index contributed by atoms with van der Waals surface area (Å²) in [7, 11) is 1.44. The third-order valence-electron chi connectivity index (χ3n) is 5.00. The monoisotopic (exact) mass is 498 g/mol. The van der Waals surface area contributed by atoms with Crippen LogP contribution in [0, 0.1) is 0 Å². The SMILES string of the molecule is CCOC(=O)C1=C(C)NC(=S)N[C@H]1c1ccccc1OCC(=O)NN=Cc1cccc(OC)c1O. The molecule has 0 aromatic heterocycles. The number of aromatic hydroxyl groups is 1. The number of amides is 1. The van der Waals surface area contributed by atoms with Crippen LogP contribution in [-0.4, -0.2) is 48.6 Å². The first-order chi connectivity index (χ1) is 16.8. The first kappa shape index (κ1) is 25.5. The number of esters is 1. The Hall–Kier alpha value is -4.12. The number of thiocarbonyl (C=S) groups is 1. The van der Waals surface area contributed by atoms with Gasteiger partial charge in [0.05, 0.1) is 31.5 Å². The van der Waals surface area contributed by atoms with E-state index in [0.29, 0.717) is 33.3 Å². The van der Waals surface area contributed by atoms with E-state index in [0.717, 1.165) is 0 Å². The van der Waals surface area contributed by atoms with Gasteiger partial charge in [0.2, 0.25) is 0 Å². The van der Waals surface area contributed by atoms with Gasteiger partial charge >= 0.3 is 5.97 Å². The first-order valence-corrected chi connectivity index (χ1v) is 11.1. The molecule has 0 spiro atoms. The summed E-state index contributed by atoms with van der Waals surface area (Å²) in [5.41, 5.74) is 4.26. The number of phenols is 1. The normalized spacial score (nSPS) is 15.3. The van der Waals surface area contributed by atoms with E-state index in [2.05, 4.69) is 21.2 Å². The minimum Gasteiger partial charge on any atom is -0.504 e. The fourth-order valence-electron chi connectivity index (χ4n) is 3.41. The molecule has 10 nitrogen and oxygen atoms in total. The summed E-state index contributed by atoms with van der Waals surface area (Å²) in [5, 5.41) is 20.3. The van der Waals surface area contributed by atoms with Gasteiger partial charge in [0, 0.05) is 16.8 Å². The second kappa shape index (κ2) is 11.8. The smallest absolute Gasteiger partial charge is 0.338 e. The van der Waals surface area contributed by atoms with Gasteiger partial charge in [-0.3, -0.25) is 4.79 Å². The van der Waals surface area contributed by atoms with Crippen LogP contribution in [0.15, 0.2) is 58.8 Å². The van der Waals surface area contributed by atoms with Gasteiger partial charge in [-0.25, -0.2) is 10.2 Å². The molecule has 4 N–H and O–H groups in total. The van der Waals surface area contributed by atoms with Crippen molar-refractivity contribution in [2.75, 3.05) is 20.3 Å². The molecule has 11 heteroatoms. The lowest BCUT2D eigenvalue weighted by Crippen LogP contribution is -2.45. The number of ether oxygens (including phenoxy) is 3. The Morgan fingerprint density at radius 1 is 1.20 bits per heavy atom. The molecule has 1 aliphatic rings. The van der Waals surface area contributed by atoms with E-state index in [-0.39, 0.29) is 24.7 Å². The molecule has 0 unspecified atom stereocenters. The standard InChI is InChI=1S/C24H26N4O6S/c1-4-33-23(31)20-14(2)26-24(35)27-21(20)16-9-5-6-10-17(16)34-13-19(29)28-25-12-15-8-7-11-18(32-3)22(15)30/h5-12,21,30H,4,13H2,1-3H3,(H,28,29)(H2,26,27,35)/t21-/m0/s1. The van der Waals surface area contributed by atoms with Crippen molar-refractivity contribution in [1.82, 2.24) is 16.1 Å². The van der Waals surface area contributed by atoms with Crippen molar-refractivity contribution in [2.45, 2.75) is 19.9 Å². The lowest BCUT2D eigenvalue weighted by atomic mass is 9.95. The zero-order valence-electron chi connectivity index (χ0n) is 19.5. The van der Waals surface area contributed by atoms with Crippen molar-refractivity contribution in [3.8, 4) is 17.2 Å². The van der Waals surface area contributed by atoms with Crippen LogP contribution in [0.5, 0.6) is 17.2 Å². The maximum absolute atomic E-state index is 12.6. The maximum Gasteiger partial charge on any atom is 0.338 e. The van der Waals surface area contributed by atoms with Gasteiger partial charge in [0.25, 0.3) is 5.91 Å².